The predicted molar refractivity (Wildman–Crippen MR) is 78.7 cm³/mol. The molecule has 0 bridgehead atoms. The predicted octanol–water partition coefficient (Wildman–Crippen LogP) is 3.26. The molecule has 1 aromatic carbocycles. The lowest BCUT2D eigenvalue weighted by Gasteiger charge is -2.23. The normalized spacial score (nSPS) is 12.6. The van der Waals surface area contributed by atoms with Crippen LogP contribution < -0.4 is 10.5 Å². The van der Waals surface area contributed by atoms with Gasteiger partial charge in [-0.2, -0.15) is 4.98 Å². The van der Waals surface area contributed by atoms with Crippen molar-refractivity contribution in [3.63, 3.8) is 0 Å². The minimum absolute atomic E-state index is 0. The lowest BCUT2D eigenvalue weighted by atomic mass is 9.87. The smallest absolute Gasteiger partial charge is 0.244 e. The average molecular weight is 316 g/mol. The average Bonchev–Trinajstić information content (AvgIpc) is 2.84. The van der Waals surface area contributed by atoms with Crippen molar-refractivity contribution in [3.8, 4) is 5.75 Å². The fourth-order valence-electron chi connectivity index (χ4n) is 1.53. The number of ether oxygens (including phenoxy) is 1. The molecule has 2 rings (SSSR count). The molecule has 1 aromatic heterocycles. The molecule has 21 heavy (non-hydrogen) atoms. The van der Waals surface area contributed by atoms with Gasteiger partial charge < -0.3 is 15.0 Å². The van der Waals surface area contributed by atoms with Gasteiger partial charge in [-0.1, -0.05) is 38.1 Å². The Morgan fingerprint density at radius 1 is 1.33 bits per heavy atom. The summed E-state index contributed by atoms with van der Waals surface area (Å²) in [7, 11) is 0. The second kappa shape index (κ2) is 6.87. The van der Waals surface area contributed by atoms with Crippen LogP contribution in [0.2, 0.25) is 0 Å². The van der Waals surface area contributed by atoms with E-state index in [1.807, 2.05) is 20.8 Å². The van der Waals surface area contributed by atoms with Gasteiger partial charge in [0.25, 0.3) is 0 Å². The molecule has 2 N–H and O–H groups in total. The topological polar surface area (TPSA) is 74.2 Å². The number of rotatable bonds is 4. The molecule has 0 unspecified atom stereocenters. The van der Waals surface area contributed by atoms with Crippen molar-refractivity contribution >= 4 is 12.4 Å². The van der Waals surface area contributed by atoms with E-state index in [2.05, 4.69) is 10.1 Å². The van der Waals surface area contributed by atoms with Crippen LogP contribution in [0.15, 0.2) is 28.8 Å². The van der Waals surface area contributed by atoms with Crippen LogP contribution in [0.3, 0.4) is 0 Å². The number of para-hydroxylation sites is 1. The number of aromatic nitrogens is 2. The van der Waals surface area contributed by atoms with Crippen LogP contribution >= 0.6 is 12.4 Å². The van der Waals surface area contributed by atoms with E-state index in [0.717, 1.165) is 0 Å². The summed E-state index contributed by atoms with van der Waals surface area (Å²) in [6, 6.07) is 5.79. The second-order valence-electron chi connectivity index (χ2n) is 5.61. The zero-order valence-corrected chi connectivity index (χ0v) is 13.0. The van der Waals surface area contributed by atoms with Crippen LogP contribution in [0.25, 0.3) is 0 Å². The molecule has 0 spiro atoms. The van der Waals surface area contributed by atoms with Crippen molar-refractivity contribution in [2.45, 2.75) is 33.4 Å². The van der Waals surface area contributed by atoms with E-state index in [1.165, 1.54) is 12.1 Å². The number of nitrogens with two attached hydrogens (primary N) is 1. The highest BCUT2D eigenvalue weighted by Gasteiger charge is 2.27. The molecule has 0 amide bonds. The fraction of sp³-hybridized carbons (Fsp3) is 0.429. The number of hydrogen-bond acceptors (Lipinski definition) is 5. The molecule has 0 fully saturated rings. The molecule has 0 saturated heterocycles. The molecule has 1 atom stereocenters. The third-order valence-corrected chi connectivity index (χ3v) is 2.88. The van der Waals surface area contributed by atoms with Crippen LogP contribution in [0.4, 0.5) is 4.39 Å². The molecule has 0 aliphatic carbocycles. The molecular weight excluding hydrogens is 297 g/mol. The third kappa shape index (κ3) is 4.41. The fourth-order valence-corrected chi connectivity index (χ4v) is 1.53. The van der Waals surface area contributed by atoms with E-state index in [9.17, 15) is 4.39 Å². The quantitative estimate of drug-likeness (QED) is 0.937. The van der Waals surface area contributed by atoms with Crippen molar-refractivity contribution in [3.05, 3.63) is 41.8 Å². The maximum atomic E-state index is 13.4. The van der Waals surface area contributed by atoms with Crippen LogP contribution in [-0.4, -0.2) is 10.1 Å². The monoisotopic (exact) mass is 315 g/mol. The summed E-state index contributed by atoms with van der Waals surface area (Å²) in [5.41, 5.74) is 5.84. The lowest BCUT2D eigenvalue weighted by Crippen LogP contribution is -2.26. The number of hydrogen-bond donors (Lipinski definition) is 1. The van der Waals surface area contributed by atoms with E-state index >= 15 is 0 Å². The summed E-state index contributed by atoms with van der Waals surface area (Å²) in [5, 5.41) is 3.78. The molecule has 0 radical (unpaired) electrons. The van der Waals surface area contributed by atoms with Crippen molar-refractivity contribution in [1.82, 2.24) is 10.1 Å². The van der Waals surface area contributed by atoms with E-state index in [1.54, 1.807) is 12.1 Å². The van der Waals surface area contributed by atoms with Gasteiger partial charge in [0.1, 0.15) is 0 Å². The van der Waals surface area contributed by atoms with Gasteiger partial charge in [-0.25, -0.2) is 4.39 Å². The summed E-state index contributed by atoms with van der Waals surface area (Å²) in [4.78, 5) is 4.17. The number of benzene rings is 1. The Morgan fingerprint density at radius 2 is 2.00 bits per heavy atom. The Kier molecular flexibility index (Phi) is 5.69. The van der Waals surface area contributed by atoms with Gasteiger partial charge in [-0.3, -0.25) is 0 Å². The SMILES string of the molecule is CC(C)(C)[C@H](N)c1nc(COc2ccccc2F)no1.Cl. The summed E-state index contributed by atoms with van der Waals surface area (Å²) >= 11 is 0. The second-order valence-corrected chi connectivity index (χ2v) is 5.61. The Labute approximate surface area is 129 Å². The molecule has 5 nitrogen and oxygen atoms in total. The highest BCUT2D eigenvalue weighted by atomic mass is 35.5. The molecule has 116 valence electrons. The molecule has 0 saturated carbocycles. The van der Waals surface area contributed by atoms with Gasteiger partial charge in [-0.05, 0) is 17.5 Å². The third-order valence-electron chi connectivity index (χ3n) is 2.88. The van der Waals surface area contributed by atoms with Crippen molar-refractivity contribution < 1.29 is 13.7 Å². The molecule has 2 aromatic rings. The van der Waals surface area contributed by atoms with Gasteiger partial charge in [0.2, 0.25) is 11.7 Å². The van der Waals surface area contributed by atoms with Gasteiger partial charge in [-0.15, -0.1) is 12.4 Å². The van der Waals surface area contributed by atoms with Crippen LogP contribution in [-0.2, 0) is 6.61 Å². The highest BCUT2D eigenvalue weighted by Crippen LogP contribution is 2.29. The van der Waals surface area contributed by atoms with Crippen molar-refractivity contribution in [2.24, 2.45) is 11.1 Å². The number of nitrogens with zero attached hydrogens (tertiary/aromatic N) is 2. The van der Waals surface area contributed by atoms with E-state index in [0.29, 0.717) is 11.7 Å². The van der Waals surface area contributed by atoms with E-state index in [-0.39, 0.29) is 36.2 Å². The van der Waals surface area contributed by atoms with E-state index < -0.39 is 5.82 Å². The maximum absolute atomic E-state index is 13.4. The summed E-state index contributed by atoms with van der Waals surface area (Å²) in [6.07, 6.45) is 0. The molecule has 0 aliphatic heterocycles. The van der Waals surface area contributed by atoms with Gasteiger partial charge in [0.15, 0.2) is 18.2 Å². The van der Waals surface area contributed by atoms with Crippen molar-refractivity contribution in [2.75, 3.05) is 0 Å². The Morgan fingerprint density at radius 3 is 2.62 bits per heavy atom. The molecule has 7 heteroatoms. The van der Waals surface area contributed by atoms with Gasteiger partial charge in [0, 0.05) is 0 Å². The zero-order chi connectivity index (χ0) is 14.8. The number of halogens is 2. The van der Waals surface area contributed by atoms with Crippen LogP contribution in [0.5, 0.6) is 5.75 Å². The Bertz CT molecular complexity index is 584. The maximum Gasteiger partial charge on any atom is 0.244 e. The first kappa shape index (κ1) is 17.4. The first-order valence-corrected chi connectivity index (χ1v) is 6.33. The summed E-state index contributed by atoms with van der Waals surface area (Å²) < 4.78 is 23.8. The summed E-state index contributed by atoms with van der Waals surface area (Å²) in [6.45, 7) is 5.98. The van der Waals surface area contributed by atoms with Crippen LogP contribution in [0.1, 0.15) is 38.5 Å². The molecule has 1 heterocycles. The van der Waals surface area contributed by atoms with Gasteiger partial charge in [0.05, 0.1) is 6.04 Å². The van der Waals surface area contributed by atoms with Crippen molar-refractivity contribution in [1.29, 1.82) is 0 Å². The van der Waals surface area contributed by atoms with Gasteiger partial charge >= 0.3 is 0 Å². The minimum Gasteiger partial charge on any atom is -0.482 e. The molecular formula is C14H19ClFN3O2. The molecule has 0 aliphatic rings. The Hall–Kier alpha value is -1.66. The van der Waals surface area contributed by atoms with Crippen LogP contribution in [0, 0.1) is 11.2 Å². The largest absolute Gasteiger partial charge is 0.482 e. The zero-order valence-electron chi connectivity index (χ0n) is 12.2. The minimum atomic E-state index is -0.428. The highest BCUT2D eigenvalue weighted by molar-refractivity contribution is 5.85. The summed E-state index contributed by atoms with van der Waals surface area (Å²) in [5.74, 6) is 0.411. The standard InChI is InChI=1S/C14H18FN3O2.ClH/c1-14(2,3)12(16)13-17-11(18-20-13)8-19-10-7-5-4-6-9(10)15;/h4-7,12H,8,16H2,1-3H3;1H/t12-;/m1./s1. The first-order valence-electron chi connectivity index (χ1n) is 6.33. The van der Waals surface area contributed by atoms with E-state index in [4.69, 9.17) is 15.0 Å². The Balaban J connectivity index is 0.00000220. The first-order chi connectivity index (χ1) is 9.38. The lowest BCUT2D eigenvalue weighted by molar-refractivity contribution is 0.247.